The number of nitrogens with one attached hydrogen (secondary N) is 1. The average molecular weight is 261 g/mol. The number of hydrogen-bond donors (Lipinski definition) is 1. The van der Waals surface area contributed by atoms with Crippen LogP contribution >= 0.6 is 0 Å². The summed E-state index contributed by atoms with van der Waals surface area (Å²) in [6, 6.07) is 9.30. The van der Waals surface area contributed by atoms with Crippen LogP contribution < -0.4 is 15.1 Å². The Balaban J connectivity index is 2.00. The van der Waals surface area contributed by atoms with Crippen molar-refractivity contribution in [1.29, 1.82) is 0 Å². The molecule has 1 aromatic rings. The summed E-state index contributed by atoms with van der Waals surface area (Å²) in [5.74, 6) is 0.666. The normalized spacial score (nSPS) is 16.7. The van der Waals surface area contributed by atoms with Gasteiger partial charge in [-0.05, 0) is 24.6 Å². The molecule has 1 aromatic carbocycles. The predicted molar refractivity (Wildman–Crippen MR) is 84.2 cm³/mol. The van der Waals surface area contributed by atoms with Gasteiger partial charge in [0.25, 0.3) is 0 Å². The molecule has 19 heavy (non-hydrogen) atoms. The molecule has 1 atom stereocenters. The second-order valence-electron chi connectivity index (χ2n) is 6.02. The Bertz CT molecular complexity index is 403. The Morgan fingerprint density at radius 1 is 1.11 bits per heavy atom. The van der Waals surface area contributed by atoms with Crippen molar-refractivity contribution in [2.75, 3.05) is 43.0 Å². The van der Waals surface area contributed by atoms with Gasteiger partial charge >= 0.3 is 0 Å². The van der Waals surface area contributed by atoms with Crippen LogP contribution in [-0.2, 0) is 0 Å². The van der Waals surface area contributed by atoms with E-state index in [2.05, 4.69) is 67.2 Å². The third kappa shape index (κ3) is 3.63. The maximum absolute atomic E-state index is 3.53. The first-order valence-corrected chi connectivity index (χ1v) is 7.36. The molecule has 1 aliphatic heterocycles. The van der Waals surface area contributed by atoms with Crippen LogP contribution in [0.4, 0.5) is 11.4 Å². The molecule has 0 radical (unpaired) electrons. The van der Waals surface area contributed by atoms with Crippen LogP contribution in [0.1, 0.15) is 20.8 Å². The predicted octanol–water partition coefficient (Wildman–Crippen LogP) is 2.58. The van der Waals surface area contributed by atoms with E-state index in [9.17, 15) is 0 Å². The Labute approximate surface area is 117 Å². The molecule has 0 spiro atoms. The summed E-state index contributed by atoms with van der Waals surface area (Å²) in [6.45, 7) is 11.2. The van der Waals surface area contributed by atoms with Crippen LogP contribution in [0.2, 0.25) is 0 Å². The van der Waals surface area contributed by atoms with Crippen molar-refractivity contribution in [2.45, 2.75) is 26.8 Å². The van der Waals surface area contributed by atoms with Gasteiger partial charge in [-0.3, -0.25) is 0 Å². The van der Waals surface area contributed by atoms with Gasteiger partial charge in [0, 0.05) is 32.7 Å². The van der Waals surface area contributed by atoms with Gasteiger partial charge in [0.1, 0.15) is 0 Å². The Morgan fingerprint density at radius 2 is 1.79 bits per heavy atom. The topological polar surface area (TPSA) is 18.5 Å². The molecule has 2 rings (SSSR count). The van der Waals surface area contributed by atoms with Crippen molar-refractivity contribution in [2.24, 2.45) is 5.92 Å². The zero-order chi connectivity index (χ0) is 13.8. The molecule has 1 heterocycles. The molecule has 0 aromatic heterocycles. The Hall–Kier alpha value is -1.22. The van der Waals surface area contributed by atoms with Crippen molar-refractivity contribution in [1.82, 2.24) is 5.32 Å². The number of nitrogens with zero attached hydrogens (tertiary/aromatic N) is 2. The second-order valence-corrected chi connectivity index (χ2v) is 6.02. The van der Waals surface area contributed by atoms with Gasteiger partial charge in [0.05, 0.1) is 11.4 Å². The minimum atomic E-state index is 0.572. The van der Waals surface area contributed by atoms with Gasteiger partial charge in [0.2, 0.25) is 0 Å². The van der Waals surface area contributed by atoms with Gasteiger partial charge < -0.3 is 15.1 Å². The van der Waals surface area contributed by atoms with Crippen LogP contribution in [-0.4, -0.2) is 39.3 Å². The van der Waals surface area contributed by atoms with Gasteiger partial charge in [-0.2, -0.15) is 0 Å². The lowest BCUT2D eigenvalue weighted by Crippen LogP contribution is -2.43. The van der Waals surface area contributed by atoms with E-state index in [-0.39, 0.29) is 0 Å². The molecular weight excluding hydrogens is 234 g/mol. The van der Waals surface area contributed by atoms with Gasteiger partial charge in [-0.1, -0.05) is 32.9 Å². The van der Waals surface area contributed by atoms with E-state index in [1.165, 1.54) is 11.4 Å². The van der Waals surface area contributed by atoms with Crippen LogP contribution in [0.5, 0.6) is 0 Å². The first-order chi connectivity index (χ1) is 9.08. The maximum atomic E-state index is 3.53. The Morgan fingerprint density at radius 3 is 2.47 bits per heavy atom. The summed E-state index contributed by atoms with van der Waals surface area (Å²) in [6.07, 6.45) is 0. The number of hydrogen-bond acceptors (Lipinski definition) is 3. The SMILES string of the molecule is CC(CNC(C)C)CN1CCN(C)c2ccccc21. The highest BCUT2D eigenvalue weighted by Crippen LogP contribution is 2.31. The summed E-state index contributed by atoms with van der Waals surface area (Å²) in [4.78, 5) is 4.88. The molecule has 0 fully saturated rings. The lowest BCUT2D eigenvalue weighted by atomic mass is 10.1. The molecule has 1 N–H and O–H groups in total. The summed E-state index contributed by atoms with van der Waals surface area (Å²) in [5.41, 5.74) is 2.74. The fraction of sp³-hybridized carbons (Fsp3) is 0.625. The summed E-state index contributed by atoms with van der Waals surface area (Å²) < 4.78 is 0. The number of anilines is 2. The average Bonchev–Trinajstić information content (AvgIpc) is 2.40. The summed E-state index contributed by atoms with van der Waals surface area (Å²) in [7, 11) is 2.18. The monoisotopic (exact) mass is 261 g/mol. The number of benzene rings is 1. The highest BCUT2D eigenvalue weighted by Gasteiger charge is 2.20. The molecule has 0 saturated heterocycles. The second kappa shape index (κ2) is 6.29. The highest BCUT2D eigenvalue weighted by molar-refractivity contribution is 5.73. The molecule has 1 unspecified atom stereocenters. The number of likely N-dealkylation sites (N-methyl/N-ethyl adjacent to an activating group) is 1. The highest BCUT2D eigenvalue weighted by atomic mass is 15.3. The van der Waals surface area contributed by atoms with Crippen molar-refractivity contribution >= 4 is 11.4 Å². The van der Waals surface area contributed by atoms with E-state index in [0.29, 0.717) is 12.0 Å². The summed E-state index contributed by atoms with van der Waals surface area (Å²) in [5, 5.41) is 3.53. The molecule has 0 bridgehead atoms. The third-order valence-corrected chi connectivity index (χ3v) is 3.75. The number of fused-ring (bicyclic) bond motifs is 1. The smallest absolute Gasteiger partial charge is 0.0604 e. The maximum Gasteiger partial charge on any atom is 0.0604 e. The van der Waals surface area contributed by atoms with Crippen LogP contribution in [0.25, 0.3) is 0 Å². The van der Waals surface area contributed by atoms with E-state index in [4.69, 9.17) is 0 Å². The van der Waals surface area contributed by atoms with Crippen molar-refractivity contribution in [3.63, 3.8) is 0 Å². The lowest BCUT2D eigenvalue weighted by Gasteiger charge is -2.38. The van der Waals surface area contributed by atoms with Crippen molar-refractivity contribution < 1.29 is 0 Å². The zero-order valence-electron chi connectivity index (χ0n) is 12.7. The van der Waals surface area contributed by atoms with Crippen LogP contribution in [0, 0.1) is 5.92 Å². The molecule has 0 saturated carbocycles. The summed E-state index contributed by atoms with van der Waals surface area (Å²) >= 11 is 0. The van der Waals surface area contributed by atoms with Gasteiger partial charge in [-0.15, -0.1) is 0 Å². The molecule has 3 nitrogen and oxygen atoms in total. The largest absolute Gasteiger partial charge is 0.371 e. The lowest BCUT2D eigenvalue weighted by molar-refractivity contribution is 0.470. The molecule has 3 heteroatoms. The van der Waals surface area contributed by atoms with E-state index in [0.717, 1.165) is 26.2 Å². The third-order valence-electron chi connectivity index (χ3n) is 3.75. The van der Waals surface area contributed by atoms with Gasteiger partial charge in [0.15, 0.2) is 0 Å². The van der Waals surface area contributed by atoms with E-state index in [1.54, 1.807) is 0 Å². The Kier molecular flexibility index (Phi) is 4.70. The zero-order valence-corrected chi connectivity index (χ0v) is 12.7. The molecule has 0 aliphatic carbocycles. The first kappa shape index (κ1) is 14.2. The van der Waals surface area contributed by atoms with Crippen LogP contribution in [0.15, 0.2) is 24.3 Å². The number of rotatable bonds is 5. The fourth-order valence-electron chi connectivity index (χ4n) is 2.63. The quantitative estimate of drug-likeness (QED) is 0.879. The molecule has 106 valence electrons. The fourth-order valence-corrected chi connectivity index (χ4v) is 2.63. The standard InChI is InChI=1S/C16H27N3/c1-13(2)17-11-14(3)12-19-10-9-18(4)15-7-5-6-8-16(15)19/h5-8,13-14,17H,9-12H2,1-4H3. The van der Waals surface area contributed by atoms with E-state index < -0.39 is 0 Å². The molecular formula is C16H27N3. The minimum absolute atomic E-state index is 0.572. The van der Waals surface area contributed by atoms with E-state index in [1.807, 2.05) is 0 Å². The molecule has 1 aliphatic rings. The first-order valence-electron chi connectivity index (χ1n) is 7.36. The van der Waals surface area contributed by atoms with Gasteiger partial charge in [-0.25, -0.2) is 0 Å². The van der Waals surface area contributed by atoms with E-state index >= 15 is 0 Å². The van der Waals surface area contributed by atoms with Crippen LogP contribution in [0.3, 0.4) is 0 Å². The number of para-hydroxylation sites is 2. The van der Waals surface area contributed by atoms with Crippen molar-refractivity contribution in [3.8, 4) is 0 Å². The van der Waals surface area contributed by atoms with Crippen molar-refractivity contribution in [3.05, 3.63) is 24.3 Å². The minimum Gasteiger partial charge on any atom is -0.371 e. The molecule has 0 amide bonds.